The van der Waals surface area contributed by atoms with Gasteiger partial charge in [-0.3, -0.25) is 4.79 Å². The molecule has 3 N–H and O–H groups in total. The van der Waals surface area contributed by atoms with Crippen molar-refractivity contribution in [2.45, 2.75) is 6.92 Å². The van der Waals surface area contributed by atoms with Crippen LogP contribution in [-0.4, -0.2) is 29.0 Å². The Kier molecular flexibility index (Phi) is 5.81. The van der Waals surface area contributed by atoms with Crippen molar-refractivity contribution < 1.29 is 14.3 Å². The molecule has 0 saturated carbocycles. The van der Waals surface area contributed by atoms with E-state index >= 15 is 0 Å². The van der Waals surface area contributed by atoms with Crippen molar-refractivity contribution in [1.29, 1.82) is 0 Å². The largest absolute Gasteiger partial charge is 0.465 e. The van der Waals surface area contributed by atoms with E-state index in [2.05, 4.69) is 30.7 Å². The summed E-state index contributed by atoms with van der Waals surface area (Å²) in [5, 5.41) is 8.98. The fourth-order valence-corrected chi connectivity index (χ4v) is 2.45. The van der Waals surface area contributed by atoms with Crippen molar-refractivity contribution in [1.82, 2.24) is 9.97 Å². The molecule has 0 spiro atoms. The highest BCUT2D eigenvalue weighted by atomic mass is 16.5. The third-order valence-electron chi connectivity index (χ3n) is 3.67. The lowest BCUT2D eigenvalue weighted by Gasteiger charge is -2.10. The molecule has 8 nitrogen and oxygen atoms in total. The van der Waals surface area contributed by atoms with E-state index in [9.17, 15) is 9.59 Å². The molecular weight excluding hydrogens is 358 g/mol. The Morgan fingerprint density at radius 1 is 0.929 bits per heavy atom. The minimum Gasteiger partial charge on any atom is -0.465 e. The number of carbonyl (C=O) groups is 2. The molecule has 1 aromatic heterocycles. The molecule has 0 saturated heterocycles. The summed E-state index contributed by atoms with van der Waals surface area (Å²) in [6.07, 6.45) is 1.62. The van der Waals surface area contributed by atoms with Crippen molar-refractivity contribution >= 4 is 40.7 Å². The van der Waals surface area contributed by atoms with Crippen LogP contribution >= 0.6 is 0 Å². The van der Waals surface area contributed by atoms with Crippen LogP contribution in [0.15, 0.2) is 60.8 Å². The van der Waals surface area contributed by atoms with E-state index in [-0.39, 0.29) is 11.9 Å². The number of carbonyl (C=O) groups excluding carboxylic acids is 2. The zero-order valence-electron chi connectivity index (χ0n) is 15.4. The summed E-state index contributed by atoms with van der Waals surface area (Å²) in [6, 6.07) is 15.8. The van der Waals surface area contributed by atoms with E-state index in [1.807, 2.05) is 12.1 Å². The standard InChI is InChI=1S/C20H19N5O3/c1-13(26)22-16-4-3-5-17(12-16)24-20-21-11-10-18(25-20)23-15-8-6-14(7-9-15)19(27)28-2/h3-12H,1-2H3,(H,22,26)(H2,21,23,24,25). The smallest absolute Gasteiger partial charge is 0.337 e. The SMILES string of the molecule is COC(=O)c1ccc(Nc2ccnc(Nc3cccc(NC(C)=O)c3)n2)cc1. The highest BCUT2D eigenvalue weighted by Crippen LogP contribution is 2.20. The van der Waals surface area contributed by atoms with Gasteiger partial charge < -0.3 is 20.7 Å². The van der Waals surface area contributed by atoms with Crippen LogP contribution in [0.3, 0.4) is 0 Å². The number of aromatic nitrogens is 2. The molecule has 1 amide bonds. The Bertz CT molecular complexity index is 989. The number of nitrogens with one attached hydrogen (secondary N) is 3. The topological polar surface area (TPSA) is 105 Å². The molecule has 0 radical (unpaired) electrons. The maximum absolute atomic E-state index is 11.5. The first kappa shape index (κ1) is 18.8. The van der Waals surface area contributed by atoms with E-state index in [0.717, 1.165) is 11.4 Å². The van der Waals surface area contributed by atoms with Gasteiger partial charge in [-0.25, -0.2) is 9.78 Å². The molecule has 28 heavy (non-hydrogen) atoms. The molecule has 1 heterocycles. The van der Waals surface area contributed by atoms with Crippen LogP contribution in [-0.2, 0) is 9.53 Å². The van der Waals surface area contributed by atoms with E-state index < -0.39 is 0 Å². The molecule has 0 aliphatic rings. The first-order valence-electron chi connectivity index (χ1n) is 8.46. The lowest BCUT2D eigenvalue weighted by atomic mass is 10.2. The quantitative estimate of drug-likeness (QED) is 0.562. The molecule has 142 valence electrons. The van der Waals surface area contributed by atoms with E-state index in [0.29, 0.717) is 23.0 Å². The number of hydrogen-bond donors (Lipinski definition) is 3. The molecule has 0 unspecified atom stereocenters. The Labute approximate surface area is 162 Å². The average Bonchev–Trinajstić information content (AvgIpc) is 2.68. The number of benzene rings is 2. The van der Waals surface area contributed by atoms with Gasteiger partial charge in [-0.05, 0) is 48.5 Å². The van der Waals surface area contributed by atoms with Gasteiger partial charge in [0.1, 0.15) is 5.82 Å². The third-order valence-corrected chi connectivity index (χ3v) is 3.67. The number of anilines is 5. The Morgan fingerprint density at radius 2 is 1.68 bits per heavy atom. The second kappa shape index (κ2) is 8.63. The fraction of sp³-hybridized carbons (Fsp3) is 0.100. The maximum Gasteiger partial charge on any atom is 0.337 e. The Hall–Kier alpha value is -3.94. The molecule has 8 heteroatoms. The van der Waals surface area contributed by atoms with Crippen LogP contribution < -0.4 is 16.0 Å². The minimum absolute atomic E-state index is 0.141. The van der Waals surface area contributed by atoms with Gasteiger partial charge in [-0.1, -0.05) is 6.07 Å². The summed E-state index contributed by atoms with van der Waals surface area (Å²) < 4.78 is 4.68. The monoisotopic (exact) mass is 377 g/mol. The molecule has 0 bridgehead atoms. The van der Waals surface area contributed by atoms with Crippen LogP contribution in [0.2, 0.25) is 0 Å². The first-order valence-corrected chi connectivity index (χ1v) is 8.46. The fourth-order valence-electron chi connectivity index (χ4n) is 2.45. The van der Waals surface area contributed by atoms with Crippen molar-refractivity contribution in [2.75, 3.05) is 23.1 Å². The molecular formula is C20H19N5O3. The normalized spacial score (nSPS) is 10.1. The second-order valence-electron chi connectivity index (χ2n) is 5.85. The molecule has 2 aromatic carbocycles. The van der Waals surface area contributed by atoms with Gasteiger partial charge in [0.2, 0.25) is 11.9 Å². The predicted molar refractivity (Wildman–Crippen MR) is 107 cm³/mol. The van der Waals surface area contributed by atoms with Gasteiger partial charge in [0.25, 0.3) is 0 Å². The lowest BCUT2D eigenvalue weighted by Crippen LogP contribution is -2.06. The molecule has 3 rings (SSSR count). The summed E-state index contributed by atoms with van der Waals surface area (Å²) in [5.41, 5.74) is 2.66. The van der Waals surface area contributed by atoms with Gasteiger partial charge in [0, 0.05) is 30.2 Å². The predicted octanol–water partition coefficient (Wildman–Crippen LogP) is 3.71. The van der Waals surface area contributed by atoms with E-state index in [1.165, 1.54) is 14.0 Å². The summed E-state index contributed by atoms with van der Waals surface area (Å²) in [4.78, 5) is 31.3. The van der Waals surface area contributed by atoms with Crippen LogP contribution in [0.5, 0.6) is 0 Å². The molecule has 0 aliphatic heterocycles. The highest BCUT2D eigenvalue weighted by Gasteiger charge is 2.06. The molecule has 3 aromatic rings. The summed E-state index contributed by atoms with van der Waals surface area (Å²) in [5.74, 6) is 0.455. The summed E-state index contributed by atoms with van der Waals surface area (Å²) in [6.45, 7) is 1.45. The molecule has 0 fully saturated rings. The number of amides is 1. The second-order valence-corrected chi connectivity index (χ2v) is 5.85. The van der Waals surface area contributed by atoms with Crippen LogP contribution in [0.1, 0.15) is 17.3 Å². The number of rotatable bonds is 6. The van der Waals surface area contributed by atoms with Crippen LogP contribution in [0.4, 0.5) is 28.8 Å². The molecule has 0 atom stereocenters. The first-order chi connectivity index (χ1) is 13.5. The Balaban J connectivity index is 1.70. The zero-order chi connectivity index (χ0) is 19.9. The van der Waals surface area contributed by atoms with Crippen molar-refractivity contribution in [3.8, 4) is 0 Å². The summed E-state index contributed by atoms with van der Waals surface area (Å²) >= 11 is 0. The van der Waals surface area contributed by atoms with Gasteiger partial charge in [0.05, 0.1) is 12.7 Å². The van der Waals surface area contributed by atoms with Gasteiger partial charge in [-0.15, -0.1) is 0 Å². The number of esters is 1. The van der Waals surface area contributed by atoms with Crippen molar-refractivity contribution in [2.24, 2.45) is 0 Å². The van der Waals surface area contributed by atoms with E-state index in [1.54, 1.807) is 48.7 Å². The van der Waals surface area contributed by atoms with E-state index in [4.69, 9.17) is 0 Å². The van der Waals surface area contributed by atoms with Crippen molar-refractivity contribution in [3.05, 3.63) is 66.4 Å². The number of methoxy groups -OCH3 is 1. The van der Waals surface area contributed by atoms with Crippen LogP contribution in [0.25, 0.3) is 0 Å². The number of hydrogen-bond acceptors (Lipinski definition) is 7. The Morgan fingerprint density at radius 3 is 2.39 bits per heavy atom. The van der Waals surface area contributed by atoms with Crippen molar-refractivity contribution in [3.63, 3.8) is 0 Å². The third kappa shape index (κ3) is 5.04. The lowest BCUT2D eigenvalue weighted by molar-refractivity contribution is -0.114. The van der Waals surface area contributed by atoms with Gasteiger partial charge >= 0.3 is 5.97 Å². The maximum atomic E-state index is 11.5. The van der Waals surface area contributed by atoms with Gasteiger partial charge in [-0.2, -0.15) is 4.98 Å². The number of nitrogens with zero attached hydrogens (tertiary/aromatic N) is 2. The van der Waals surface area contributed by atoms with Crippen LogP contribution in [0, 0.1) is 0 Å². The van der Waals surface area contributed by atoms with Gasteiger partial charge in [0.15, 0.2) is 0 Å². The minimum atomic E-state index is -0.387. The molecule has 0 aliphatic carbocycles. The highest BCUT2D eigenvalue weighted by molar-refractivity contribution is 5.90. The summed E-state index contributed by atoms with van der Waals surface area (Å²) in [7, 11) is 1.34. The average molecular weight is 377 g/mol. The zero-order valence-corrected chi connectivity index (χ0v) is 15.4. The number of ether oxygens (including phenoxy) is 1.